The molecule has 0 aliphatic rings. The second-order valence-corrected chi connectivity index (χ2v) is 5.71. The number of hydrogen-bond acceptors (Lipinski definition) is 3. The van der Waals surface area contributed by atoms with E-state index in [1.165, 1.54) is 5.56 Å². The number of urea groups is 1. The van der Waals surface area contributed by atoms with E-state index in [4.69, 9.17) is 5.11 Å². The van der Waals surface area contributed by atoms with Gasteiger partial charge < -0.3 is 20.6 Å². The minimum atomic E-state index is -0.176. The Morgan fingerprint density at radius 1 is 1.33 bits per heavy atom. The number of amides is 2. The van der Waals surface area contributed by atoms with Gasteiger partial charge in [0, 0.05) is 39.5 Å². The second kappa shape index (κ2) is 8.52. The lowest BCUT2D eigenvalue weighted by atomic mass is 10.1. The maximum atomic E-state index is 11.8. The summed E-state index contributed by atoms with van der Waals surface area (Å²) in [6.07, 6.45) is 0.697. The molecule has 0 radical (unpaired) electrons. The SMILES string of the molecule is Cc1ccc(CNC(=O)NCC(C)CCO)c(N(C)C)c1. The molecule has 0 bridgehead atoms. The predicted octanol–water partition coefficient (Wildman–Crippen LogP) is 1.88. The smallest absolute Gasteiger partial charge is 0.315 e. The standard InChI is InChI=1S/C16H27N3O2/c1-12-5-6-14(15(9-12)19(3)4)11-18-16(21)17-10-13(2)7-8-20/h5-6,9,13,20H,7-8,10-11H2,1-4H3,(H2,17,18,21). The van der Waals surface area contributed by atoms with Crippen LogP contribution in [0.2, 0.25) is 0 Å². The van der Waals surface area contributed by atoms with E-state index >= 15 is 0 Å². The van der Waals surface area contributed by atoms with E-state index in [0.29, 0.717) is 19.5 Å². The normalized spacial score (nSPS) is 11.9. The van der Waals surface area contributed by atoms with Crippen molar-refractivity contribution in [1.29, 1.82) is 0 Å². The molecule has 0 heterocycles. The van der Waals surface area contributed by atoms with Crippen LogP contribution in [0, 0.1) is 12.8 Å². The molecule has 1 rings (SSSR count). The minimum Gasteiger partial charge on any atom is -0.396 e. The zero-order chi connectivity index (χ0) is 15.8. The number of hydrogen-bond donors (Lipinski definition) is 3. The lowest BCUT2D eigenvalue weighted by Gasteiger charge is -2.19. The lowest BCUT2D eigenvalue weighted by molar-refractivity contribution is 0.233. The molecule has 0 saturated carbocycles. The maximum Gasteiger partial charge on any atom is 0.315 e. The van der Waals surface area contributed by atoms with Gasteiger partial charge in [-0.25, -0.2) is 4.79 Å². The van der Waals surface area contributed by atoms with Crippen LogP contribution < -0.4 is 15.5 Å². The third kappa shape index (κ3) is 6.04. The fraction of sp³-hybridized carbons (Fsp3) is 0.562. The first-order chi connectivity index (χ1) is 9.93. The average Bonchev–Trinajstić information content (AvgIpc) is 2.44. The fourth-order valence-corrected chi connectivity index (χ4v) is 2.07. The fourth-order valence-electron chi connectivity index (χ4n) is 2.07. The molecule has 3 N–H and O–H groups in total. The molecular weight excluding hydrogens is 266 g/mol. The van der Waals surface area contributed by atoms with E-state index in [0.717, 1.165) is 11.3 Å². The number of aliphatic hydroxyl groups excluding tert-OH is 1. The van der Waals surface area contributed by atoms with Gasteiger partial charge in [0.25, 0.3) is 0 Å². The first kappa shape index (κ1) is 17.3. The number of rotatable bonds is 7. The number of carbonyl (C=O) groups excluding carboxylic acids is 1. The van der Waals surface area contributed by atoms with Crippen LogP contribution >= 0.6 is 0 Å². The highest BCUT2D eigenvalue weighted by molar-refractivity contribution is 5.74. The molecule has 118 valence electrons. The third-order valence-electron chi connectivity index (χ3n) is 3.39. The molecule has 1 aromatic rings. The van der Waals surface area contributed by atoms with Crippen LogP contribution in [0.1, 0.15) is 24.5 Å². The van der Waals surface area contributed by atoms with Crippen LogP contribution in [0.5, 0.6) is 0 Å². The van der Waals surface area contributed by atoms with Crippen LogP contribution in [-0.4, -0.2) is 38.4 Å². The molecule has 0 fully saturated rings. The van der Waals surface area contributed by atoms with Gasteiger partial charge in [0.15, 0.2) is 0 Å². The summed E-state index contributed by atoms with van der Waals surface area (Å²) in [4.78, 5) is 13.8. The van der Waals surface area contributed by atoms with Crippen molar-refractivity contribution in [3.8, 4) is 0 Å². The van der Waals surface area contributed by atoms with Gasteiger partial charge in [0.2, 0.25) is 0 Å². The molecule has 1 unspecified atom stereocenters. The number of aliphatic hydroxyl groups is 1. The van der Waals surface area contributed by atoms with E-state index < -0.39 is 0 Å². The lowest BCUT2D eigenvalue weighted by Crippen LogP contribution is -2.37. The Balaban J connectivity index is 2.50. The van der Waals surface area contributed by atoms with Crippen LogP contribution in [0.15, 0.2) is 18.2 Å². The topological polar surface area (TPSA) is 64.6 Å². The summed E-state index contributed by atoms with van der Waals surface area (Å²) < 4.78 is 0. The molecule has 0 saturated heterocycles. The van der Waals surface area contributed by atoms with Gasteiger partial charge in [-0.2, -0.15) is 0 Å². The summed E-state index contributed by atoms with van der Waals surface area (Å²) in [5.74, 6) is 0.275. The zero-order valence-corrected chi connectivity index (χ0v) is 13.4. The van der Waals surface area contributed by atoms with Crippen LogP contribution in [-0.2, 0) is 6.54 Å². The van der Waals surface area contributed by atoms with E-state index in [9.17, 15) is 4.79 Å². The van der Waals surface area contributed by atoms with Gasteiger partial charge in [0.1, 0.15) is 0 Å². The average molecular weight is 293 g/mol. The monoisotopic (exact) mass is 293 g/mol. The summed E-state index contributed by atoms with van der Waals surface area (Å²) in [7, 11) is 3.99. The van der Waals surface area contributed by atoms with Crippen LogP contribution in [0.3, 0.4) is 0 Å². The number of aryl methyl sites for hydroxylation is 1. The van der Waals surface area contributed by atoms with E-state index in [1.54, 1.807) is 0 Å². The van der Waals surface area contributed by atoms with Crippen molar-refractivity contribution in [2.75, 3.05) is 32.1 Å². The third-order valence-corrected chi connectivity index (χ3v) is 3.39. The second-order valence-electron chi connectivity index (χ2n) is 5.71. The first-order valence-corrected chi connectivity index (χ1v) is 7.33. The number of nitrogens with one attached hydrogen (secondary N) is 2. The highest BCUT2D eigenvalue weighted by atomic mass is 16.3. The van der Waals surface area contributed by atoms with Crippen LogP contribution in [0.25, 0.3) is 0 Å². The number of nitrogens with zero attached hydrogens (tertiary/aromatic N) is 1. The van der Waals surface area contributed by atoms with E-state index in [2.05, 4.69) is 23.6 Å². The van der Waals surface area contributed by atoms with Crippen molar-refractivity contribution < 1.29 is 9.90 Å². The van der Waals surface area contributed by atoms with E-state index in [-0.39, 0.29) is 18.6 Å². The summed E-state index contributed by atoms with van der Waals surface area (Å²) in [6.45, 7) is 5.27. The Bertz CT molecular complexity index is 461. The molecule has 5 heteroatoms. The van der Waals surface area contributed by atoms with Gasteiger partial charge in [-0.1, -0.05) is 19.1 Å². The number of benzene rings is 1. The predicted molar refractivity (Wildman–Crippen MR) is 86.6 cm³/mol. The number of anilines is 1. The minimum absolute atomic E-state index is 0.153. The van der Waals surface area contributed by atoms with Crippen molar-refractivity contribution in [1.82, 2.24) is 10.6 Å². The van der Waals surface area contributed by atoms with Crippen molar-refractivity contribution >= 4 is 11.7 Å². The quantitative estimate of drug-likeness (QED) is 0.719. The van der Waals surface area contributed by atoms with Crippen molar-refractivity contribution in [2.45, 2.75) is 26.8 Å². The molecule has 5 nitrogen and oxygen atoms in total. The highest BCUT2D eigenvalue weighted by Crippen LogP contribution is 2.20. The Kier molecular flexibility index (Phi) is 7.02. The Morgan fingerprint density at radius 3 is 2.67 bits per heavy atom. The van der Waals surface area contributed by atoms with Crippen molar-refractivity contribution in [3.63, 3.8) is 0 Å². The molecule has 0 spiro atoms. The van der Waals surface area contributed by atoms with Gasteiger partial charge in [0.05, 0.1) is 0 Å². The van der Waals surface area contributed by atoms with Crippen LogP contribution in [0.4, 0.5) is 10.5 Å². The summed E-state index contributed by atoms with van der Waals surface area (Å²) in [6, 6.07) is 6.02. The molecule has 21 heavy (non-hydrogen) atoms. The largest absolute Gasteiger partial charge is 0.396 e. The number of carbonyl (C=O) groups is 1. The molecule has 1 atom stereocenters. The summed E-state index contributed by atoms with van der Waals surface area (Å²) >= 11 is 0. The maximum absolute atomic E-state index is 11.8. The zero-order valence-electron chi connectivity index (χ0n) is 13.4. The van der Waals surface area contributed by atoms with Crippen molar-refractivity contribution in [3.05, 3.63) is 29.3 Å². The molecule has 0 aliphatic heterocycles. The highest BCUT2D eigenvalue weighted by Gasteiger charge is 2.08. The van der Waals surface area contributed by atoms with Gasteiger partial charge in [-0.15, -0.1) is 0 Å². The van der Waals surface area contributed by atoms with Gasteiger partial charge >= 0.3 is 6.03 Å². The summed E-state index contributed by atoms with van der Waals surface area (Å²) in [5, 5.41) is 14.5. The molecule has 2 amide bonds. The van der Waals surface area contributed by atoms with Crippen molar-refractivity contribution in [2.24, 2.45) is 5.92 Å². The first-order valence-electron chi connectivity index (χ1n) is 7.33. The molecule has 1 aromatic carbocycles. The van der Waals surface area contributed by atoms with E-state index in [1.807, 2.05) is 38.1 Å². The van der Waals surface area contributed by atoms with Gasteiger partial charge in [-0.3, -0.25) is 0 Å². The Labute approximate surface area is 127 Å². The summed E-state index contributed by atoms with van der Waals surface area (Å²) in [5.41, 5.74) is 3.40. The molecular formula is C16H27N3O2. The molecule has 0 aromatic heterocycles. The van der Waals surface area contributed by atoms with Gasteiger partial charge in [-0.05, 0) is 36.5 Å². The molecule has 0 aliphatic carbocycles. The Hall–Kier alpha value is -1.75. The Morgan fingerprint density at radius 2 is 2.05 bits per heavy atom.